The number of amides is 1. The van der Waals surface area contributed by atoms with Crippen LogP contribution in [0.15, 0.2) is 0 Å². The first-order valence-corrected chi connectivity index (χ1v) is 4.56. The zero-order valence-corrected chi connectivity index (χ0v) is 7.32. The summed E-state index contributed by atoms with van der Waals surface area (Å²) in [7, 11) is 0. The van der Waals surface area contributed by atoms with Gasteiger partial charge in [-0.15, -0.1) is 0 Å². The lowest BCUT2D eigenvalue weighted by Gasteiger charge is -2.35. The minimum atomic E-state index is -1.34. The maximum Gasteiger partial charge on any atom is 0.409 e. The van der Waals surface area contributed by atoms with Crippen molar-refractivity contribution in [1.29, 1.82) is 0 Å². The summed E-state index contributed by atoms with van der Waals surface area (Å²) < 4.78 is 13.2. The number of piperazine rings is 1. The molecule has 0 bridgehead atoms. The molecule has 13 heavy (non-hydrogen) atoms. The Morgan fingerprint density at radius 1 is 1.38 bits per heavy atom. The molecule has 1 saturated heterocycles. The molecule has 2 aliphatic rings. The maximum absolute atomic E-state index is 13.2. The van der Waals surface area contributed by atoms with Crippen LogP contribution in [0.1, 0.15) is 12.8 Å². The first-order chi connectivity index (χ1) is 6.18. The SMILES string of the molecule is O=C(O)N1CCN(C2CC2)CC1F. The Kier molecular flexibility index (Phi) is 2.11. The second-order valence-corrected chi connectivity index (χ2v) is 3.64. The van der Waals surface area contributed by atoms with Gasteiger partial charge < -0.3 is 5.11 Å². The molecule has 1 amide bonds. The van der Waals surface area contributed by atoms with Crippen molar-refractivity contribution in [2.45, 2.75) is 25.2 Å². The van der Waals surface area contributed by atoms with Crippen LogP contribution in [-0.2, 0) is 0 Å². The van der Waals surface area contributed by atoms with Gasteiger partial charge >= 0.3 is 6.09 Å². The summed E-state index contributed by atoms with van der Waals surface area (Å²) in [4.78, 5) is 13.4. The molecular weight excluding hydrogens is 175 g/mol. The van der Waals surface area contributed by atoms with E-state index < -0.39 is 12.4 Å². The van der Waals surface area contributed by atoms with Crippen LogP contribution >= 0.6 is 0 Å². The normalized spacial score (nSPS) is 30.5. The predicted molar refractivity (Wildman–Crippen MR) is 44.2 cm³/mol. The summed E-state index contributed by atoms with van der Waals surface area (Å²) in [6.45, 7) is 1.22. The van der Waals surface area contributed by atoms with E-state index in [1.165, 1.54) is 0 Å². The maximum atomic E-state index is 13.2. The number of hydrogen-bond donors (Lipinski definition) is 1. The molecule has 1 unspecified atom stereocenters. The molecule has 1 saturated carbocycles. The third kappa shape index (κ3) is 1.75. The van der Waals surface area contributed by atoms with E-state index in [4.69, 9.17) is 5.11 Å². The molecule has 0 radical (unpaired) electrons. The molecule has 1 heterocycles. The fourth-order valence-corrected chi connectivity index (χ4v) is 1.75. The van der Waals surface area contributed by atoms with Crippen LogP contribution in [-0.4, -0.2) is 53.0 Å². The van der Waals surface area contributed by atoms with Crippen molar-refractivity contribution in [1.82, 2.24) is 9.80 Å². The van der Waals surface area contributed by atoms with E-state index in [2.05, 4.69) is 0 Å². The highest BCUT2D eigenvalue weighted by Crippen LogP contribution is 2.28. The number of halogens is 1. The van der Waals surface area contributed by atoms with Gasteiger partial charge in [0.1, 0.15) is 0 Å². The second-order valence-electron chi connectivity index (χ2n) is 3.64. The van der Waals surface area contributed by atoms with Crippen molar-refractivity contribution >= 4 is 6.09 Å². The first-order valence-electron chi connectivity index (χ1n) is 4.56. The minimum absolute atomic E-state index is 0.247. The Morgan fingerprint density at radius 2 is 2.08 bits per heavy atom. The summed E-state index contributed by atoms with van der Waals surface area (Å²) in [6, 6.07) is 0.522. The number of carbonyl (C=O) groups is 1. The van der Waals surface area contributed by atoms with E-state index in [9.17, 15) is 9.18 Å². The van der Waals surface area contributed by atoms with Gasteiger partial charge in [-0.1, -0.05) is 0 Å². The van der Waals surface area contributed by atoms with Gasteiger partial charge in [-0.3, -0.25) is 9.80 Å². The average Bonchev–Trinajstić information content (AvgIpc) is 2.85. The lowest BCUT2D eigenvalue weighted by Crippen LogP contribution is -2.53. The zero-order valence-electron chi connectivity index (χ0n) is 7.32. The largest absolute Gasteiger partial charge is 0.465 e. The van der Waals surface area contributed by atoms with Crippen LogP contribution in [0.2, 0.25) is 0 Å². The van der Waals surface area contributed by atoms with E-state index in [1.807, 2.05) is 4.90 Å². The first kappa shape index (κ1) is 8.74. The molecule has 2 rings (SSSR count). The van der Waals surface area contributed by atoms with Gasteiger partial charge in [-0.05, 0) is 12.8 Å². The smallest absolute Gasteiger partial charge is 0.409 e. The minimum Gasteiger partial charge on any atom is -0.465 e. The monoisotopic (exact) mass is 188 g/mol. The number of carboxylic acid groups (broad SMARTS) is 1. The van der Waals surface area contributed by atoms with Gasteiger partial charge in [0.05, 0.1) is 0 Å². The van der Waals surface area contributed by atoms with E-state index in [0.29, 0.717) is 19.1 Å². The van der Waals surface area contributed by atoms with Gasteiger partial charge in [-0.25, -0.2) is 9.18 Å². The molecule has 74 valence electrons. The lowest BCUT2D eigenvalue weighted by atomic mass is 10.3. The van der Waals surface area contributed by atoms with Gasteiger partial charge in [0.25, 0.3) is 0 Å². The molecule has 5 heteroatoms. The topological polar surface area (TPSA) is 43.8 Å². The van der Waals surface area contributed by atoms with Crippen LogP contribution in [0.3, 0.4) is 0 Å². The van der Waals surface area contributed by atoms with Crippen LogP contribution in [0.25, 0.3) is 0 Å². The van der Waals surface area contributed by atoms with Crippen LogP contribution in [0.5, 0.6) is 0 Å². The van der Waals surface area contributed by atoms with Crippen molar-refractivity contribution in [3.63, 3.8) is 0 Å². The number of alkyl halides is 1. The molecule has 1 atom stereocenters. The Labute approximate surface area is 75.9 Å². The summed E-state index contributed by atoms with van der Waals surface area (Å²) in [5, 5.41) is 8.62. The van der Waals surface area contributed by atoms with Gasteiger partial charge in [0, 0.05) is 25.7 Å². The average molecular weight is 188 g/mol. The number of hydrogen-bond acceptors (Lipinski definition) is 2. The Morgan fingerprint density at radius 3 is 2.54 bits per heavy atom. The van der Waals surface area contributed by atoms with Crippen LogP contribution in [0.4, 0.5) is 9.18 Å². The molecule has 0 spiro atoms. The molecule has 1 aliphatic carbocycles. The van der Waals surface area contributed by atoms with Gasteiger partial charge in [0.2, 0.25) is 0 Å². The standard InChI is InChI=1S/C8H13FN2O2/c9-7-5-10(6-1-2-6)3-4-11(7)8(12)13/h6-7H,1-5H2,(H,12,13). The summed E-state index contributed by atoms with van der Waals surface area (Å²) >= 11 is 0. The molecule has 0 aromatic carbocycles. The number of nitrogens with zero attached hydrogens (tertiary/aromatic N) is 2. The van der Waals surface area contributed by atoms with E-state index in [-0.39, 0.29) is 6.54 Å². The van der Waals surface area contributed by atoms with Crippen molar-refractivity contribution in [2.24, 2.45) is 0 Å². The fraction of sp³-hybridized carbons (Fsp3) is 0.875. The Balaban J connectivity index is 1.90. The second kappa shape index (κ2) is 3.14. The quantitative estimate of drug-likeness (QED) is 0.617. The Hall–Kier alpha value is -0.840. The lowest BCUT2D eigenvalue weighted by molar-refractivity contribution is 0.00592. The molecule has 0 aromatic rings. The summed E-state index contributed by atoms with van der Waals surface area (Å²) in [5.41, 5.74) is 0. The van der Waals surface area contributed by atoms with E-state index in [1.54, 1.807) is 0 Å². The van der Waals surface area contributed by atoms with Gasteiger partial charge in [-0.2, -0.15) is 0 Å². The third-order valence-electron chi connectivity index (χ3n) is 2.66. The third-order valence-corrected chi connectivity index (χ3v) is 2.66. The van der Waals surface area contributed by atoms with Crippen molar-refractivity contribution < 1.29 is 14.3 Å². The van der Waals surface area contributed by atoms with Gasteiger partial charge in [0.15, 0.2) is 6.30 Å². The summed E-state index contributed by atoms with van der Waals surface area (Å²) in [5.74, 6) is 0. The van der Waals surface area contributed by atoms with E-state index >= 15 is 0 Å². The van der Waals surface area contributed by atoms with Crippen LogP contribution < -0.4 is 0 Å². The predicted octanol–water partition coefficient (Wildman–Crippen LogP) is 0.740. The zero-order chi connectivity index (χ0) is 9.42. The molecule has 1 N–H and O–H groups in total. The van der Waals surface area contributed by atoms with Crippen LogP contribution in [0, 0.1) is 0 Å². The molecule has 1 aliphatic heterocycles. The van der Waals surface area contributed by atoms with E-state index in [0.717, 1.165) is 17.7 Å². The summed E-state index contributed by atoms with van der Waals surface area (Å²) in [6.07, 6.45) is -0.214. The Bertz CT molecular complexity index is 220. The highest BCUT2D eigenvalue weighted by atomic mass is 19.1. The number of rotatable bonds is 1. The highest BCUT2D eigenvalue weighted by Gasteiger charge is 2.37. The molecular formula is C8H13FN2O2. The van der Waals surface area contributed by atoms with Crippen molar-refractivity contribution in [2.75, 3.05) is 19.6 Å². The molecule has 4 nitrogen and oxygen atoms in total. The molecule has 0 aromatic heterocycles. The highest BCUT2D eigenvalue weighted by molar-refractivity contribution is 5.65. The van der Waals surface area contributed by atoms with Crippen molar-refractivity contribution in [3.05, 3.63) is 0 Å². The fourth-order valence-electron chi connectivity index (χ4n) is 1.75. The van der Waals surface area contributed by atoms with Crippen molar-refractivity contribution in [3.8, 4) is 0 Å². The molecule has 2 fully saturated rings.